The number of amides is 1. The van der Waals surface area contributed by atoms with E-state index >= 15 is 0 Å². The standard InChI is InChI=1S/C11H13NO3S/c1-16(14,15)10-5-3-2-4-9(10)11(6-7-11)12-8-13/h2-5,8H,6-7H2,1H3,(H,12,13). The number of hydrogen-bond acceptors (Lipinski definition) is 3. The molecular weight excluding hydrogens is 226 g/mol. The van der Waals surface area contributed by atoms with Gasteiger partial charge in [0.15, 0.2) is 9.84 Å². The van der Waals surface area contributed by atoms with Gasteiger partial charge < -0.3 is 5.32 Å². The highest BCUT2D eigenvalue weighted by Crippen LogP contribution is 2.47. The van der Waals surface area contributed by atoms with Gasteiger partial charge in [0.25, 0.3) is 0 Å². The van der Waals surface area contributed by atoms with E-state index in [0.29, 0.717) is 16.9 Å². The van der Waals surface area contributed by atoms with Gasteiger partial charge in [-0.25, -0.2) is 8.42 Å². The van der Waals surface area contributed by atoms with Crippen LogP contribution in [0.15, 0.2) is 29.2 Å². The molecule has 0 aliphatic heterocycles. The third-order valence-corrected chi connectivity index (χ3v) is 4.04. The van der Waals surface area contributed by atoms with Crippen LogP contribution in [0.3, 0.4) is 0 Å². The van der Waals surface area contributed by atoms with Crippen LogP contribution in [-0.2, 0) is 20.2 Å². The number of carbonyl (C=O) groups is 1. The Hall–Kier alpha value is -1.36. The second kappa shape index (κ2) is 3.59. The van der Waals surface area contributed by atoms with Crippen molar-refractivity contribution >= 4 is 16.2 Å². The predicted octanol–water partition coefficient (Wildman–Crippen LogP) is 0.825. The molecule has 0 saturated heterocycles. The highest BCUT2D eigenvalue weighted by molar-refractivity contribution is 7.90. The molecule has 1 aromatic carbocycles. The van der Waals surface area contributed by atoms with Crippen LogP contribution < -0.4 is 5.32 Å². The van der Waals surface area contributed by atoms with Crippen LogP contribution >= 0.6 is 0 Å². The Morgan fingerprint density at radius 3 is 2.44 bits per heavy atom. The number of nitrogens with one attached hydrogen (secondary N) is 1. The Labute approximate surface area is 94.6 Å². The maximum Gasteiger partial charge on any atom is 0.207 e. The summed E-state index contributed by atoms with van der Waals surface area (Å²) in [5.41, 5.74) is 0.242. The molecule has 16 heavy (non-hydrogen) atoms. The van der Waals surface area contributed by atoms with E-state index in [2.05, 4.69) is 5.32 Å². The fraction of sp³-hybridized carbons (Fsp3) is 0.364. The summed E-state index contributed by atoms with van der Waals surface area (Å²) in [6.07, 6.45) is 3.39. The van der Waals surface area contributed by atoms with Crippen molar-refractivity contribution in [1.82, 2.24) is 5.32 Å². The van der Waals surface area contributed by atoms with E-state index in [1.54, 1.807) is 24.3 Å². The molecule has 1 aliphatic rings. The molecule has 1 amide bonds. The molecule has 1 N–H and O–H groups in total. The van der Waals surface area contributed by atoms with Gasteiger partial charge in [-0.3, -0.25) is 4.79 Å². The van der Waals surface area contributed by atoms with Crippen molar-refractivity contribution in [2.45, 2.75) is 23.3 Å². The number of rotatable bonds is 4. The van der Waals surface area contributed by atoms with Crippen LogP contribution in [0.1, 0.15) is 18.4 Å². The summed E-state index contributed by atoms with van der Waals surface area (Å²) < 4.78 is 23.2. The zero-order valence-electron chi connectivity index (χ0n) is 8.93. The topological polar surface area (TPSA) is 63.2 Å². The molecule has 0 unspecified atom stereocenters. The number of benzene rings is 1. The summed E-state index contributed by atoms with van der Waals surface area (Å²) in [5.74, 6) is 0. The third kappa shape index (κ3) is 1.82. The van der Waals surface area contributed by atoms with Gasteiger partial charge in [-0.1, -0.05) is 18.2 Å². The molecule has 0 radical (unpaired) electrons. The lowest BCUT2D eigenvalue weighted by molar-refractivity contribution is -0.110. The quantitative estimate of drug-likeness (QED) is 0.791. The average molecular weight is 239 g/mol. The summed E-state index contributed by atoms with van der Waals surface area (Å²) >= 11 is 0. The van der Waals surface area contributed by atoms with Crippen molar-refractivity contribution in [1.29, 1.82) is 0 Å². The third-order valence-electron chi connectivity index (χ3n) is 2.89. The second-order valence-corrected chi connectivity index (χ2v) is 6.10. The van der Waals surface area contributed by atoms with Crippen molar-refractivity contribution < 1.29 is 13.2 Å². The normalized spacial score (nSPS) is 17.8. The zero-order valence-corrected chi connectivity index (χ0v) is 9.75. The van der Waals surface area contributed by atoms with Gasteiger partial charge in [-0.05, 0) is 24.5 Å². The van der Waals surface area contributed by atoms with E-state index in [-0.39, 0.29) is 0 Å². The van der Waals surface area contributed by atoms with Crippen LogP contribution in [-0.4, -0.2) is 21.1 Å². The van der Waals surface area contributed by atoms with Gasteiger partial charge in [-0.2, -0.15) is 0 Å². The van der Waals surface area contributed by atoms with Crippen LogP contribution in [0.2, 0.25) is 0 Å². The number of hydrogen-bond donors (Lipinski definition) is 1. The fourth-order valence-electron chi connectivity index (χ4n) is 1.91. The van der Waals surface area contributed by atoms with E-state index < -0.39 is 15.4 Å². The minimum atomic E-state index is -3.25. The first-order valence-corrected chi connectivity index (χ1v) is 6.90. The Morgan fingerprint density at radius 1 is 1.31 bits per heavy atom. The van der Waals surface area contributed by atoms with Crippen molar-refractivity contribution in [2.24, 2.45) is 0 Å². The lowest BCUT2D eigenvalue weighted by Gasteiger charge is -2.17. The first-order chi connectivity index (χ1) is 7.49. The summed E-state index contributed by atoms with van der Waals surface area (Å²) in [6.45, 7) is 0. The molecule has 0 bridgehead atoms. The highest BCUT2D eigenvalue weighted by Gasteiger charge is 2.46. The smallest absolute Gasteiger partial charge is 0.207 e. The number of sulfone groups is 1. The zero-order chi connectivity index (χ0) is 11.8. The largest absolute Gasteiger partial charge is 0.349 e. The minimum Gasteiger partial charge on any atom is -0.349 e. The predicted molar refractivity (Wildman–Crippen MR) is 59.7 cm³/mol. The van der Waals surface area contributed by atoms with Gasteiger partial charge >= 0.3 is 0 Å². The van der Waals surface area contributed by atoms with Gasteiger partial charge in [0, 0.05) is 6.26 Å². The van der Waals surface area contributed by atoms with Crippen molar-refractivity contribution in [3.05, 3.63) is 29.8 Å². The minimum absolute atomic E-state index is 0.307. The molecule has 0 spiro atoms. The molecule has 0 aromatic heterocycles. The van der Waals surface area contributed by atoms with E-state index in [9.17, 15) is 13.2 Å². The SMILES string of the molecule is CS(=O)(=O)c1ccccc1C1(NC=O)CC1. The average Bonchev–Trinajstić information content (AvgIpc) is 2.98. The Balaban J connectivity index is 2.54. The Kier molecular flexibility index (Phi) is 2.50. The summed E-state index contributed by atoms with van der Waals surface area (Å²) in [5, 5.41) is 2.72. The van der Waals surface area contributed by atoms with Gasteiger partial charge in [0.2, 0.25) is 6.41 Å². The molecule has 1 aromatic rings. The van der Waals surface area contributed by atoms with Crippen molar-refractivity contribution in [3.8, 4) is 0 Å². The highest BCUT2D eigenvalue weighted by atomic mass is 32.2. The Bertz CT molecular complexity index is 518. The first-order valence-electron chi connectivity index (χ1n) is 5.00. The van der Waals surface area contributed by atoms with Crippen LogP contribution in [0.5, 0.6) is 0 Å². The summed E-state index contributed by atoms with van der Waals surface area (Å²) in [7, 11) is -3.25. The molecule has 2 rings (SSSR count). The molecule has 1 aliphatic carbocycles. The first kappa shape index (κ1) is 11.1. The molecule has 1 fully saturated rings. The van der Waals surface area contributed by atoms with Gasteiger partial charge in [-0.15, -0.1) is 0 Å². The molecule has 4 nitrogen and oxygen atoms in total. The van der Waals surface area contributed by atoms with Gasteiger partial charge in [0.1, 0.15) is 0 Å². The molecule has 0 atom stereocenters. The maximum absolute atomic E-state index is 11.6. The maximum atomic E-state index is 11.6. The molecular formula is C11H13NO3S. The lowest BCUT2D eigenvalue weighted by atomic mass is 10.1. The van der Waals surface area contributed by atoms with Crippen molar-refractivity contribution in [3.63, 3.8) is 0 Å². The van der Waals surface area contributed by atoms with E-state index in [0.717, 1.165) is 12.8 Å². The van der Waals surface area contributed by atoms with E-state index in [1.807, 2.05) is 0 Å². The molecule has 1 saturated carbocycles. The van der Waals surface area contributed by atoms with Crippen LogP contribution in [0, 0.1) is 0 Å². The van der Waals surface area contributed by atoms with Gasteiger partial charge in [0.05, 0.1) is 10.4 Å². The molecule has 5 heteroatoms. The summed E-state index contributed by atoms with van der Waals surface area (Å²) in [4.78, 5) is 10.8. The molecule has 0 heterocycles. The van der Waals surface area contributed by atoms with Crippen LogP contribution in [0.4, 0.5) is 0 Å². The summed E-state index contributed by atoms with van der Waals surface area (Å²) in [6, 6.07) is 6.82. The second-order valence-electron chi connectivity index (χ2n) is 4.11. The Morgan fingerprint density at radius 2 is 1.94 bits per heavy atom. The lowest BCUT2D eigenvalue weighted by Crippen LogP contribution is -2.29. The fourth-order valence-corrected chi connectivity index (χ4v) is 2.90. The van der Waals surface area contributed by atoms with E-state index in [1.165, 1.54) is 6.26 Å². The molecule has 86 valence electrons. The number of carbonyl (C=O) groups excluding carboxylic acids is 1. The van der Waals surface area contributed by atoms with Crippen LogP contribution in [0.25, 0.3) is 0 Å². The monoisotopic (exact) mass is 239 g/mol. The van der Waals surface area contributed by atoms with Crippen molar-refractivity contribution in [2.75, 3.05) is 6.26 Å². The van der Waals surface area contributed by atoms with E-state index in [4.69, 9.17) is 0 Å².